The second-order valence-electron chi connectivity index (χ2n) is 4.21. The van der Waals surface area contributed by atoms with Crippen LogP contribution in [0.2, 0.25) is 0 Å². The monoisotopic (exact) mass is 205 g/mol. The number of benzene rings is 1. The molecule has 1 atom stereocenters. The number of nitriles is 1. The summed E-state index contributed by atoms with van der Waals surface area (Å²) < 4.78 is 18.9. The maximum Gasteiger partial charge on any atom is 0.129 e. The number of aryl methyl sites for hydroxylation is 1. The van der Waals surface area contributed by atoms with Crippen LogP contribution in [0, 0.1) is 24.1 Å². The topological polar surface area (TPSA) is 33.0 Å². The lowest BCUT2D eigenvalue weighted by Crippen LogP contribution is -2.32. The molecule has 0 aromatic heterocycles. The Morgan fingerprint density at radius 1 is 1.53 bits per heavy atom. The van der Waals surface area contributed by atoms with Gasteiger partial charge in [0.15, 0.2) is 0 Å². The third-order valence-electron chi connectivity index (χ3n) is 2.82. The van der Waals surface area contributed by atoms with Gasteiger partial charge in [-0.3, -0.25) is 0 Å². The van der Waals surface area contributed by atoms with E-state index < -0.39 is 5.41 Å². The number of hydrogen-bond donors (Lipinski definition) is 0. The van der Waals surface area contributed by atoms with Crippen molar-refractivity contribution in [2.24, 2.45) is 0 Å². The Hall–Kier alpha value is -1.40. The van der Waals surface area contributed by atoms with E-state index in [9.17, 15) is 4.39 Å². The van der Waals surface area contributed by atoms with Gasteiger partial charge in [-0.05, 0) is 31.0 Å². The minimum atomic E-state index is -0.722. The summed E-state index contributed by atoms with van der Waals surface area (Å²) >= 11 is 0. The Kier molecular flexibility index (Phi) is 2.24. The summed E-state index contributed by atoms with van der Waals surface area (Å²) in [7, 11) is 0. The predicted octanol–water partition coefficient (Wildman–Crippen LogP) is 2.45. The van der Waals surface area contributed by atoms with Crippen molar-refractivity contribution >= 4 is 0 Å². The number of hydrogen-bond acceptors (Lipinski definition) is 2. The van der Waals surface area contributed by atoms with Crippen molar-refractivity contribution in [3.63, 3.8) is 0 Å². The molecule has 0 N–H and O–H groups in total. The Morgan fingerprint density at radius 3 is 2.93 bits per heavy atom. The van der Waals surface area contributed by atoms with Crippen LogP contribution in [0.1, 0.15) is 23.6 Å². The van der Waals surface area contributed by atoms with Gasteiger partial charge in [0.25, 0.3) is 0 Å². The van der Waals surface area contributed by atoms with E-state index in [1.807, 2.05) is 13.0 Å². The third kappa shape index (κ3) is 1.51. The molecule has 1 aliphatic heterocycles. The van der Waals surface area contributed by atoms with Crippen molar-refractivity contribution in [2.75, 3.05) is 6.61 Å². The number of ether oxygens (including phenoxy) is 1. The Balaban J connectivity index is 2.67. The average Bonchev–Trinajstić information content (AvgIpc) is 2.20. The molecule has 1 aromatic carbocycles. The fourth-order valence-electron chi connectivity index (χ4n) is 1.94. The molecule has 1 aliphatic rings. The molecular formula is C12H12FNO. The van der Waals surface area contributed by atoms with Crippen LogP contribution < -0.4 is 0 Å². The second-order valence-corrected chi connectivity index (χ2v) is 4.21. The largest absolute Gasteiger partial charge is 0.375 e. The van der Waals surface area contributed by atoms with Gasteiger partial charge < -0.3 is 4.74 Å². The molecule has 1 unspecified atom stereocenters. The minimum Gasteiger partial charge on any atom is -0.375 e. The molecule has 2 nitrogen and oxygen atoms in total. The molecule has 0 saturated heterocycles. The highest BCUT2D eigenvalue weighted by Gasteiger charge is 2.34. The molecule has 1 heterocycles. The van der Waals surface area contributed by atoms with E-state index in [4.69, 9.17) is 10.00 Å². The van der Waals surface area contributed by atoms with E-state index in [-0.39, 0.29) is 12.4 Å². The van der Waals surface area contributed by atoms with Gasteiger partial charge in [-0.1, -0.05) is 6.07 Å². The minimum absolute atomic E-state index is 0.263. The van der Waals surface area contributed by atoms with E-state index in [0.29, 0.717) is 12.2 Å². The first-order valence-corrected chi connectivity index (χ1v) is 4.85. The SMILES string of the molecule is Cc1cc(F)c2c(c1)C(C)(C#N)COC2. The maximum atomic E-state index is 13.6. The van der Waals surface area contributed by atoms with E-state index in [1.54, 1.807) is 6.92 Å². The van der Waals surface area contributed by atoms with Gasteiger partial charge in [0, 0.05) is 5.56 Å². The Labute approximate surface area is 88.3 Å². The Bertz CT molecular complexity index is 450. The first-order chi connectivity index (χ1) is 7.07. The van der Waals surface area contributed by atoms with Gasteiger partial charge in [0.1, 0.15) is 11.2 Å². The summed E-state index contributed by atoms with van der Waals surface area (Å²) in [5.74, 6) is -0.272. The molecule has 0 saturated carbocycles. The molecule has 0 fully saturated rings. The van der Waals surface area contributed by atoms with Crippen molar-refractivity contribution < 1.29 is 9.13 Å². The lowest BCUT2D eigenvalue weighted by atomic mass is 9.79. The van der Waals surface area contributed by atoms with Gasteiger partial charge in [-0.15, -0.1) is 0 Å². The highest BCUT2D eigenvalue weighted by atomic mass is 19.1. The second kappa shape index (κ2) is 3.32. The van der Waals surface area contributed by atoms with Gasteiger partial charge in [0.05, 0.1) is 19.3 Å². The van der Waals surface area contributed by atoms with Gasteiger partial charge in [-0.2, -0.15) is 5.26 Å². The van der Waals surface area contributed by atoms with Crippen LogP contribution in [0.25, 0.3) is 0 Å². The molecule has 78 valence electrons. The fraction of sp³-hybridized carbons (Fsp3) is 0.417. The molecule has 1 aromatic rings. The Morgan fingerprint density at radius 2 is 2.27 bits per heavy atom. The third-order valence-corrected chi connectivity index (χ3v) is 2.82. The fourth-order valence-corrected chi connectivity index (χ4v) is 1.94. The van der Waals surface area contributed by atoms with E-state index in [2.05, 4.69) is 6.07 Å². The number of nitrogens with zero attached hydrogens (tertiary/aromatic N) is 1. The summed E-state index contributed by atoms with van der Waals surface area (Å²) in [4.78, 5) is 0. The summed E-state index contributed by atoms with van der Waals surface area (Å²) in [5, 5.41) is 9.13. The van der Waals surface area contributed by atoms with Crippen LogP contribution in [0.15, 0.2) is 12.1 Å². The number of halogens is 1. The zero-order chi connectivity index (χ0) is 11.1. The van der Waals surface area contributed by atoms with E-state index in [1.165, 1.54) is 6.07 Å². The molecule has 0 spiro atoms. The van der Waals surface area contributed by atoms with Crippen LogP contribution in [0.3, 0.4) is 0 Å². The number of rotatable bonds is 0. The summed E-state index contributed by atoms with van der Waals surface area (Å²) in [6.07, 6.45) is 0. The van der Waals surface area contributed by atoms with Crippen LogP contribution >= 0.6 is 0 Å². The standard InChI is InChI=1S/C12H12FNO/c1-8-3-10-9(11(13)4-8)5-15-7-12(10,2)6-14/h3-4H,5,7H2,1-2H3. The molecular weight excluding hydrogens is 193 g/mol. The average molecular weight is 205 g/mol. The van der Waals surface area contributed by atoms with Crippen LogP contribution in [-0.4, -0.2) is 6.61 Å². The zero-order valence-corrected chi connectivity index (χ0v) is 8.80. The van der Waals surface area contributed by atoms with Crippen molar-refractivity contribution in [2.45, 2.75) is 25.9 Å². The molecule has 2 rings (SSSR count). The van der Waals surface area contributed by atoms with Gasteiger partial charge in [-0.25, -0.2) is 4.39 Å². The molecule has 3 heteroatoms. The lowest BCUT2D eigenvalue weighted by molar-refractivity contribution is 0.0732. The highest BCUT2D eigenvalue weighted by molar-refractivity contribution is 5.43. The van der Waals surface area contributed by atoms with Crippen LogP contribution in [0.5, 0.6) is 0 Å². The van der Waals surface area contributed by atoms with Crippen molar-refractivity contribution in [3.05, 3.63) is 34.6 Å². The van der Waals surface area contributed by atoms with Gasteiger partial charge >= 0.3 is 0 Å². The predicted molar refractivity (Wildman–Crippen MR) is 53.8 cm³/mol. The van der Waals surface area contributed by atoms with E-state index in [0.717, 1.165) is 11.1 Å². The van der Waals surface area contributed by atoms with E-state index >= 15 is 0 Å². The smallest absolute Gasteiger partial charge is 0.129 e. The molecule has 0 aliphatic carbocycles. The van der Waals surface area contributed by atoms with Crippen LogP contribution in [0.4, 0.5) is 4.39 Å². The molecule has 0 amide bonds. The maximum absolute atomic E-state index is 13.6. The molecule has 15 heavy (non-hydrogen) atoms. The van der Waals surface area contributed by atoms with Crippen LogP contribution in [-0.2, 0) is 16.8 Å². The van der Waals surface area contributed by atoms with Gasteiger partial charge in [0.2, 0.25) is 0 Å². The van der Waals surface area contributed by atoms with Crippen molar-refractivity contribution in [3.8, 4) is 6.07 Å². The summed E-state index contributed by atoms with van der Waals surface area (Å²) in [6.45, 7) is 4.21. The number of fused-ring (bicyclic) bond motifs is 1. The van der Waals surface area contributed by atoms with Crippen molar-refractivity contribution in [1.29, 1.82) is 5.26 Å². The summed E-state index contributed by atoms with van der Waals surface area (Å²) in [6, 6.07) is 5.56. The first kappa shape index (κ1) is 10.1. The normalized spacial score (nSPS) is 24.4. The molecule has 0 bridgehead atoms. The highest BCUT2D eigenvalue weighted by Crippen LogP contribution is 2.33. The van der Waals surface area contributed by atoms with Crippen molar-refractivity contribution in [1.82, 2.24) is 0 Å². The first-order valence-electron chi connectivity index (χ1n) is 4.85. The molecule has 0 radical (unpaired) electrons. The quantitative estimate of drug-likeness (QED) is 0.651. The zero-order valence-electron chi connectivity index (χ0n) is 8.80. The summed E-state index contributed by atoms with van der Waals surface area (Å²) in [5.41, 5.74) is 1.42. The lowest BCUT2D eigenvalue weighted by Gasteiger charge is -2.30.